The van der Waals surface area contributed by atoms with Gasteiger partial charge in [-0.1, -0.05) is 0 Å². The van der Waals surface area contributed by atoms with Gasteiger partial charge in [-0.05, 0) is 36.6 Å². The third-order valence-electron chi connectivity index (χ3n) is 3.42. The van der Waals surface area contributed by atoms with Crippen molar-refractivity contribution < 1.29 is 4.39 Å². The van der Waals surface area contributed by atoms with Crippen molar-refractivity contribution in [2.45, 2.75) is 25.9 Å². The van der Waals surface area contributed by atoms with Crippen molar-refractivity contribution in [1.82, 2.24) is 20.2 Å². The molecule has 1 unspecified atom stereocenters. The van der Waals surface area contributed by atoms with Gasteiger partial charge in [0.1, 0.15) is 18.0 Å². The van der Waals surface area contributed by atoms with E-state index in [1.54, 1.807) is 23.7 Å². The summed E-state index contributed by atoms with van der Waals surface area (Å²) in [5.41, 5.74) is 2.82. The molecule has 110 valence electrons. The summed E-state index contributed by atoms with van der Waals surface area (Å²) < 4.78 is 16.2. The molecule has 5 nitrogen and oxygen atoms in total. The van der Waals surface area contributed by atoms with E-state index in [-0.39, 0.29) is 11.9 Å². The van der Waals surface area contributed by atoms with Crippen molar-refractivity contribution >= 4 is 21.4 Å². The molecule has 0 aliphatic heterocycles. The minimum atomic E-state index is -0.227. The van der Waals surface area contributed by atoms with Crippen molar-refractivity contribution in [2.24, 2.45) is 5.84 Å². The molecular formula is C14H16FN5S. The minimum Gasteiger partial charge on any atom is -0.271 e. The molecule has 1 atom stereocenters. The van der Waals surface area contributed by atoms with Gasteiger partial charge < -0.3 is 0 Å². The van der Waals surface area contributed by atoms with E-state index in [0.717, 1.165) is 27.3 Å². The van der Waals surface area contributed by atoms with Crippen LogP contribution < -0.4 is 11.3 Å². The van der Waals surface area contributed by atoms with E-state index in [1.807, 2.05) is 17.7 Å². The molecule has 7 heteroatoms. The number of benzene rings is 1. The van der Waals surface area contributed by atoms with Crippen LogP contribution in [-0.2, 0) is 13.0 Å². The second kappa shape index (κ2) is 5.88. The summed E-state index contributed by atoms with van der Waals surface area (Å²) in [5, 5.41) is 5.06. The number of nitrogens with one attached hydrogen (secondary N) is 1. The lowest BCUT2D eigenvalue weighted by atomic mass is 10.1. The second-order valence-corrected chi connectivity index (χ2v) is 5.86. The van der Waals surface area contributed by atoms with Crippen LogP contribution in [0.1, 0.15) is 23.7 Å². The van der Waals surface area contributed by atoms with Gasteiger partial charge in [-0.2, -0.15) is 5.10 Å². The van der Waals surface area contributed by atoms with Crippen LogP contribution in [0.2, 0.25) is 0 Å². The van der Waals surface area contributed by atoms with Crippen LogP contribution >= 0.6 is 11.3 Å². The van der Waals surface area contributed by atoms with Gasteiger partial charge in [-0.15, -0.1) is 11.3 Å². The van der Waals surface area contributed by atoms with Crippen LogP contribution in [0.3, 0.4) is 0 Å². The predicted molar refractivity (Wildman–Crippen MR) is 81.2 cm³/mol. The SMILES string of the molecule is CCn1ncnc1CC(NN)c1cc2cc(F)ccc2s1. The van der Waals surface area contributed by atoms with Crippen molar-refractivity contribution in [1.29, 1.82) is 0 Å². The van der Waals surface area contributed by atoms with Crippen LogP contribution in [-0.4, -0.2) is 14.8 Å². The molecule has 0 amide bonds. The van der Waals surface area contributed by atoms with Gasteiger partial charge in [0.2, 0.25) is 0 Å². The normalized spacial score (nSPS) is 12.9. The number of nitrogens with zero attached hydrogens (tertiary/aromatic N) is 3. The Bertz CT molecular complexity index is 751. The first kappa shape index (κ1) is 14.1. The maximum atomic E-state index is 13.3. The third-order valence-corrected chi connectivity index (χ3v) is 4.65. The van der Waals surface area contributed by atoms with Gasteiger partial charge in [0.25, 0.3) is 0 Å². The van der Waals surface area contributed by atoms with E-state index in [0.29, 0.717) is 6.42 Å². The minimum absolute atomic E-state index is 0.0695. The fourth-order valence-electron chi connectivity index (χ4n) is 2.34. The largest absolute Gasteiger partial charge is 0.271 e. The Balaban J connectivity index is 1.90. The number of thiophene rings is 1. The lowest BCUT2D eigenvalue weighted by Crippen LogP contribution is -2.29. The molecule has 0 radical (unpaired) electrons. The van der Waals surface area contributed by atoms with Crippen LogP contribution in [0, 0.1) is 5.82 Å². The maximum Gasteiger partial charge on any atom is 0.138 e. The van der Waals surface area contributed by atoms with Gasteiger partial charge in [-0.3, -0.25) is 16.0 Å². The number of aromatic nitrogens is 3. The van der Waals surface area contributed by atoms with E-state index in [4.69, 9.17) is 5.84 Å². The zero-order chi connectivity index (χ0) is 14.8. The van der Waals surface area contributed by atoms with Crippen molar-refractivity contribution in [3.05, 3.63) is 47.1 Å². The Morgan fingerprint density at radius 2 is 2.29 bits per heavy atom. The fraction of sp³-hybridized carbons (Fsp3) is 0.286. The van der Waals surface area contributed by atoms with Gasteiger partial charge >= 0.3 is 0 Å². The highest BCUT2D eigenvalue weighted by Crippen LogP contribution is 2.31. The summed E-state index contributed by atoms with van der Waals surface area (Å²) in [4.78, 5) is 5.33. The van der Waals surface area contributed by atoms with E-state index in [1.165, 1.54) is 12.1 Å². The number of aryl methyl sites for hydroxylation is 1. The molecule has 2 heterocycles. The predicted octanol–water partition coefficient (Wildman–Crippen LogP) is 2.40. The molecule has 0 aliphatic carbocycles. The smallest absolute Gasteiger partial charge is 0.138 e. The Morgan fingerprint density at radius 3 is 3.05 bits per heavy atom. The van der Waals surface area contributed by atoms with E-state index >= 15 is 0 Å². The summed E-state index contributed by atoms with van der Waals surface area (Å²) in [6.07, 6.45) is 2.19. The van der Waals surface area contributed by atoms with E-state index in [9.17, 15) is 4.39 Å². The summed E-state index contributed by atoms with van der Waals surface area (Å²) in [7, 11) is 0. The quantitative estimate of drug-likeness (QED) is 0.561. The zero-order valence-corrected chi connectivity index (χ0v) is 12.4. The molecule has 0 fully saturated rings. The Labute approximate surface area is 125 Å². The molecule has 0 saturated carbocycles. The van der Waals surface area contributed by atoms with Crippen LogP contribution in [0.4, 0.5) is 4.39 Å². The first-order valence-corrected chi connectivity index (χ1v) is 7.54. The molecule has 0 saturated heterocycles. The number of hydrogen-bond acceptors (Lipinski definition) is 5. The highest BCUT2D eigenvalue weighted by molar-refractivity contribution is 7.19. The fourth-order valence-corrected chi connectivity index (χ4v) is 3.45. The van der Waals surface area contributed by atoms with E-state index in [2.05, 4.69) is 15.5 Å². The van der Waals surface area contributed by atoms with Crippen molar-refractivity contribution in [3.63, 3.8) is 0 Å². The standard InChI is InChI=1S/C14H16FN5S/c1-2-20-14(17-8-18-20)7-11(19-16)13-6-9-5-10(15)3-4-12(9)21-13/h3-6,8,11,19H,2,7,16H2,1H3. The first-order valence-electron chi connectivity index (χ1n) is 6.73. The molecule has 0 spiro atoms. The molecule has 3 aromatic rings. The summed E-state index contributed by atoms with van der Waals surface area (Å²) in [6, 6.07) is 6.71. The van der Waals surface area contributed by atoms with E-state index < -0.39 is 0 Å². The van der Waals surface area contributed by atoms with Gasteiger partial charge in [0, 0.05) is 22.5 Å². The van der Waals surface area contributed by atoms with Crippen LogP contribution in [0.15, 0.2) is 30.6 Å². The Hall–Kier alpha value is -1.83. The van der Waals surface area contributed by atoms with Crippen molar-refractivity contribution in [2.75, 3.05) is 0 Å². The Morgan fingerprint density at radius 1 is 1.43 bits per heavy atom. The number of hydrogen-bond donors (Lipinski definition) is 2. The first-order chi connectivity index (χ1) is 10.2. The lowest BCUT2D eigenvalue weighted by molar-refractivity contribution is 0.516. The van der Waals surface area contributed by atoms with Gasteiger partial charge in [0.15, 0.2) is 0 Å². The Kier molecular flexibility index (Phi) is 3.96. The number of hydrazine groups is 1. The monoisotopic (exact) mass is 305 g/mol. The molecule has 0 aliphatic rings. The number of nitrogens with two attached hydrogens (primary N) is 1. The number of halogens is 1. The molecule has 21 heavy (non-hydrogen) atoms. The zero-order valence-electron chi connectivity index (χ0n) is 11.6. The lowest BCUT2D eigenvalue weighted by Gasteiger charge is -2.13. The summed E-state index contributed by atoms with van der Waals surface area (Å²) >= 11 is 1.61. The highest BCUT2D eigenvalue weighted by Gasteiger charge is 2.17. The van der Waals surface area contributed by atoms with Gasteiger partial charge in [-0.25, -0.2) is 9.37 Å². The molecule has 1 aromatic carbocycles. The van der Waals surface area contributed by atoms with Gasteiger partial charge in [0.05, 0.1) is 6.04 Å². The molecule has 2 aromatic heterocycles. The highest BCUT2D eigenvalue weighted by atomic mass is 32.1. The molecule has 0 bridgehead atoms. The molecular weight excluding hydrogens is 289 g/mol. The average molecular weight is 305 g/mol. The van der Waals surface area contributed by atoms with Crippen LogP contribution in [0.5, 0.6) is 0 Å². The second-order valence-electron chi connectivity index (χ2n) is 4.75. The third kappa shape index (κ3) is 2.80. The summed E-state index contributed by atoms with van der Waals surface area (Å²) in [6.45, 7) is 2.79. The summed E-state index contributed by atoms with van der Waals surface area (Å²) in [5.74, 6) is 6.34. The number of fused-ring (bicyclic) bond motifs is 1. The maximum absolute atomic E-state index is 13.3. The molecule has 3 N–H and O–H groups in total. The van der Waals surface area contributed by atoms with Crippen molar-refractivity contribution in [3.8, 4) is 0 Å². The average Bonchev–Trinajstić information content (AvgIpc) is 3.09. The molecule has 3 rings (SSSR count). The van der Waals surface area contributed by atoms with Crippen LogP contribution in [0.25, 0.3) is 10.1 Å². The number of rotatable bonds is 5. The topological polar surface area (TPSA) is 68.8 Å².